The van der Waals surface area contributed by atoms with Crippen LogP contribution < -0.4 is 10.6 Å². The molecule has 0 atom stereocenters. The summed E-state index contributed by atoms with van der Waals surface area (Å²) < 4.78 is 0. The molecular formula is C15H23N3O. The number of pyridine rings is 1. The van der Waals surface area contributed by atoms with Gasteiger partial charge in [-0.25, -0.2) is 0 Å². The van der Waals surface area contributed by atoms with Crippen molar-refractivity contribution in [3.8, 4) is 0 Å². The quantitative estimate of drug-likeness (QED) is 0.737. The fraction of sp³-hybridized carbons (Fsp3) is 0.600. The average molecular weight is 261 g/mol. The first kappa shape index (κ1) is 14.0. The first-order valence-electron chi connectivity index (χ1n) is 7.23. The van der Waals surface area contributed by atoms with Gasteiger partial charge in [0.25, 0.3) is 0 Å². The Hall–Kier alpha value is -1.42. The van der Waals surface area contributed by atoms with Crippen molar-refractivity contribution in [2.24, 2.45) is 5.92 Å². The topological polar surface area (TPSA) is 54.0 Å². The summed E-state index contributed by atoms with van der Waals surface area (Å²) in [7, 11) is 0. The van der Waals surface area contributed by atoms with Gasteiger partial charge >= 0.3 is 0 Å². The lowest BCUT2D eigenvalue weighted by atomic mass is 10.1. The van der Waals surface area contributed by atoms with E-state index in [4.69, 9.17) is 0 Å². The summed E-state index contributed by atoms with van der Waals surface area (Å²) in [5, 5.41) is 6.39. The van der Waals surface area contributed by atoms with Gasteiger partial charge in [-0.3, -0.25) is 9.78 Å². The summed E-state index contributed by atoms with van der Waals surface area (Å²) in [4.78, 5) is 15.8. The first-order valence-corrected chi connectivity index (χ1v) is 7.23. The molecule has 104 valence electrons. The van der Waals surface area contributed by atoms with Crippen LogP contribution in [0.4, 0.5) is 0 Å². The Morgan fingerprint density at radius 1 is 1.32 bits per heavy atom. The predicted molar refractivity (Wildman–Crippen MR) is 75.5 cm³/mol. The van der Waals surface area contributed by atoms with Gasteiger partial charge in [0.2, 0.25) is 5.91 Å². The summed E-state index contributed by atoms with van der Waals surface area (Å²) >= 11 is 0. The number of hydrogen-bond donors (Lipinski definition) is 2. The van der Waals surface area contributed by atoms with Crippen molar-refractivity contribution < 1.29 is 4.79 Å². The molecule has 0 bridgehead atoms. The minimum atomic E-state index is 0.254. The highest BCUT2D eigenvalue weighted by molar-refractivity contribution is 5.78. The highest BCUT2D eigenvalue weighted by Gasteiger charge is 2.21. The Bertz CT molecular complexity index is 374. The molecule has 1 amide bonds. The number of hydrogen-bond acceptors (Lipinski definition) is 3. The van der Waals surface area contributed by atoms with Crippen molar-refractivity contribution in [3.63, 3.8) is 0 Å². The maximum absolute atomic E-state index is 11.8. The van der Waals surface area contributed by atoms with Crippen LogP contribution >= 0.6 is 0 Å². The van der Waals surface area contributed by atoms with Gasteiger partial charge < -0.3 is 10.6 Å². The number of carbonyl (C=O) groups is 1. The molecular weight excluding hydrogens is 238 g/mol. The summed E-state index contributed by atoms with van der Waals surface area (Å²) in [6, 6.07) is 4.00. The molecule has 2 N–H and O–H groups in total. The van der Waals surface area contributed by atoms with Gasteiger partial charge in [-0.15, -0.1) is 0 Å². The van der Waals surface area contributed by atoms with E-state index in [0.717, 1.165) is 38.9 Å². The SMILES string of the molecule is O=C(NCCCNCc1cccnc1)C1CCCC1. The zero-order chi connectivity index (χ0) is 13.3. The minimum absolute atomic E-state index is 0.254. The van der Waals surface area contributed by atoms with Crippen LogP contribution in [0.15, 0.2) is 24.5 Å². The van der Waals surface area contributed by atoms with E-state index >= 15 is 0 Å². The molecule has 0 saturated heterocycles. The van der Waals surface area contributed by atoms with Crippen LogP contribution in [-0.2, 0) is 11.3 Å². The molecule has 0 unspecified atom stereocenters. The van der Waals surface area contributed by atoms with Crippen molar-refractivity contribution in [3.05, 3.63) is 30.1 Å². The van der Waals surface area contributed by atoms with Crippen molar-refractivity contribution >= 4 is 5.91 Å². The summed E-state index contributed by atoms with van der Waals surface area (Å²) in [6.07, 6.45) is 9.20. The highest BCUT2D eigenvalue weighted by Crippen LogP contribution is 2.24. The summed E-state index contributed by atoms with van der Waals surface area (Å²) in [5.41, 5.74) is 1.19. The molecule has 0 spiro atoms. The minimum Gasteiger partial charge on any atom is -0.356 e. The molecule has 0 aliphatic heterocycles. The van der Waals surface area contributed by atoms with Crippen LogP contribution in [-0.4, -0.2) is 24.0 Å². The van der Waals surface area contributed by atoms with Gasteiger partial charge in [0.1, 0.15) is 0 Å². The van der Waals surface area contributed by atoms with Crippen molar-refractivity contribution in [1.82, 2.24) is 15.6 Å². The van der Waals surface area contributed by atoms with Gasteiger partial charge in [-0.1, -0.05) is 18.9 Å². The smallest absolute Gasteiger partial charge is 0.223 e. The van der Waals surface area contributed by atoms with Crippen molar-refractivity contribution in [2.75, 3.05) is 13.1 Å². The summed E-state index contributed by atoms with van der Waals surface area (Å²) in [5.74, 6) is 0.535. The lowest BCUT2D eigenvalue weighted by Crippen LogP contribution is -2.31. The fourth-order valence-electron chi connectivity index (χ4n) is 2.49. The molecule has 2 rings (SSSR count). The van der Waals surface area contributed by atoms with E-state index in [2.05, 4.69) is 21.7 Å². The van der Waals surface area contributed by atoms with Crippen LogP contribution in [0, 0.1) is 5.92 Å². The van der Waals surface area contributed by atoms with Gasteiger partial charge in [-0.2, -0.15) is 0 Å². The Morgan fingerprint density at radius 3 is 2.89 bits per heavy atom. The number of amides is 1. The zero-order valence-corrected chi connectivity index (χ0v) is 11.4. The van der Waals surface area contributed by atoms with Gasteiger partial charge in [0, 0.05) is 31.4 Å². The first-order chi connectivity index (χ1) is 9.36. The largest absolute Gasteiger partial charge is 0.356 e. The number of aromatic nitrogens is 1. The van der Waals surface area contributed by atoms with Crippen LogP contribution in [0.1, 0.15) is 37.7 Å². The van der Waals surface area contributed by atoms with E-state index in [0.29, 0.717) is 0 Å². The molecule has 1 heterocycles. The van der Waals surface area contributed by atoms with E-state index in [1.165, 1.54) is 18.4 Å². The van der Waals surface area contributed by atoms with Gasteiger partial charge in [-0.05, 0) is 37.4 Å². The lowest BCUT2D eigenvalue weighted by molar-refractivity contribution is -0.124. The van der Waals surface area contributed by atoms with Crippen molar-refractivity contribution in [1.29, 1.82) is 0 Å². The molecule has 4 heteroatoms. The molecule has 0 aromatic carbocycles. The molecule has 0 radical (unpaired) electrons. The maximum atomic E-state index is 11.8. The molecule has 1 aromatic heterocycles. The Kier molecular flexibility index (Phi) is 5.82. The molecule has 19 heavy (non-hydrogen) atoms. The van der Waals surface area contributed by atoms with E-state index in [9.17, 15) is 4.79 Å². The molecule has 1 saturated carbocycles. The van der Waals surface area contributed by atoms with Crippen LogP contribution in [0.5, 0.6) is 0 Å². The second-order valence-electron chi connectivity index (χ2n) is 5.16. The molecule has 4 nitrogen and oxygen atoms in total. The van der Waals surface area contributed by atoms with Crippen LogP contribution in [0.25, 0.3) is 0 Å². The predicted octanol–water partition coefficient (Wildman–Crippen LogP) is 1.87. The molecule has 1 aliphatic rings. The summed E-state index contributed by atoms with van der Waals surface area (Å²) in [6.45, 7) is 2.53. The maximum Gasteiger partial charge on any atom is 0.223 e. The third kappa shape index (κ3) is 4.99. The van der Waals surface area contributed by atoms with Crippen LogP contribution in [0.3, 0.4) is 0 Å². The second-order valence-corrected chi connectivity index (χ2v) is 5.16. The molecule has 1 aromatic rings. The second kappa shape index (κ2) is 7.89. The number of nitrogens with zero attached hydrogens (tertiary/aromatic N) is 1. The third-order valence-corrected chi connectivity index (χ3v) is 3.61. The Labute approximate surface area is 115 Å². The number of carbonyl (C=O) groups excluding carboxylic acids is 1. The van der Waals surface area contributed by atoms with E-state index in [1.807, 2.05) is 12.3 Å². The average Bonchev–Trinajstić information content (AvgIpc) is 2.98. The zero-order valence-electron chi connectivity index (χ0n) is 11.4. The van der Waals surface area contributed by atoms with E-state index in [1.54, 1.807) is 6.20 Å². The Morgan fingerprint density at radius 2 is 2.16 bits per heavy atom. The lowest BCUT2D eigenvalue weighted by Gasteiger charge is -2.10. The third-order valence-electron chi connectivity index (χ3n) is 3.61. The monoisotopic (exact) mass is 261 g/mol. The van der Waals surface area contributed by atoms with Crippen LogP contribution in [0.2, 0.25) is 0 Å². The fourth-order valence-corrected chi connectivity index (χ4v) is 2.49. The van der Waals surface area contributed by atoms with Gasteiger partial charge in [0.05, 0.1) is 0 Å². The molecule has 1 aliphatic carbocycles. The van der Waals surface area contributed by atoms with E-state index in [-0.39, 0.29) is 11.8 Å². The Balaban J connectivity index is 1.49. The number of rotatable bonds is 7. The van der Waals surface area contributed by atoms with Crippen molar-refractivity contribution in [2.45, 2.75) is 38.6 Å². The van der Waals surface area contributed by atoms with Gasteiger partial charge in [0.15, 0.2) is 0 Å². The molecule has 1 fully saturated rings. The normalized spacial score (nSPS) is 15.6. The van der Waals surface area contributed by atoms with E-state index < -0.39 is 0 Å². The highest BCUT2D eigenvalue weighted by atomic mass is 16.1. The standard InChI is InChI=1S/C15H23N3O/c19-15(14-6-1-2-7-14)18-10-4-9-17-12-13-5-3-8-16-11-13/h3,5,8,11,14,17H,1-2,4,6-7,9-10,12H2,(H,18,19). The number of nitrogens with one attached hydrogen (secondary N) is 2.